The summed E-state index contributed by atoms with van der Waals surface area (Å²) in [5, 5.41) is 10.6. The van der Waals surface area contributed by atoms with Crippen LogP contribution >= 0.6 is 0 Å². The number of hydrogen-bond donors (Lipinski definition) is 1. The third-order valence-corrected chi connectivity index (χ3v) is 5.62. The average Bonchev–Trinajstić information content (AvgIpc) is 3.17. The molecule has 0 spiro atoms. The molecule has 3 heterocycles. The van der Waals surface area contributed by atoms with E-state index in [9.17, 15) is 10.1 Å². The predicted octanol–water partition coefficient (Wildman–Crippen LogP) is 2.76. The number of aromatic amines is 1. The lowest BCUT2D eigenvalue weighted by Gasteiger charge is -2.29. The molecule has 2 aliphatic heterocycles. The molecule has 2 aliphatic rings. The van der Waals surface area contributed by atoms with E-state index in [1.54, 1.807) is 0 Å². The van der Waals surface area contributed by atoms with E-state index in [2.05, 4.69) is 39.1 Å². The van der Waals surface area contributed by atoms with E-state index in [1.807, 2.05) is 24.3 Å². The zero-order valence-electron chi connectivity index (χ0n) is 15.4. The number of nitrogens with one attached hydrogen (secondary N) is 1. The molecule has 0 aliphatic carbocycles. The fourth-order valence-corrected chi connectivity index (χ4v) is 4.21. The van der Waals surface area contributed by atoms with Gasteiger partial charge < -0.3 is 19.5 Å². The topological polar surface area (TPSA) is 72.4 Å². The van der Waals surface area contributed by atoms with Gasteiger partial charge in [-0.3, -0.25) is 4.79 Å². The van der Waals surface area contributed by atoms with Crippen molar-refractivity contribution in [1.29, 1.82) is 5.26 Å². The first-order chi connectivity index (χ1) is 13.7. The fraction of sp³-hybridized carbons (Fsp3) is 0.273. The number of pyridine rings is 1. The van der Waals surface area contributed by atoms with Gasteiger partial charge in [-0.1, -0.05) is 24.3 Å². The molecule has 5 rings (SSSR count). The molecule has 0 unspecified atom stereocenters. The van der Waals surface area contributed by atoms with Crippen LogP contribution in [0.5, 0.6) is 0 Å². The molecular weight excluding hydrogens is 352 g/mol. The number of nitrogens with zero attached hydrogens (tertiary/aromatic N) is 3. The van der Waals surface area contributed by atoms with Crippen LogP contribution in [0.15, 0.2) is 47.3 Å². The summed E-state index contributed by atoms with van der Waals surface area (Å²) in [5.41, 5.74) is 4.90. The minimum Gasteiger partial charge on any atom is -0.378 e. The lowest BCUT2D eigenvalue weighted by molar-refractivity contribution is 0.122. The SMILES string of the molecule is N#Cc1c(N2Cc3ccccc3C2)c2cc(N3CCOCC3)ccc2[nH]c1=O. The highest BCUT2D eigenvalue weighted by molar-refractivity contribution is 5.96. The van der Waals surface area contributed by atoms with Crippen molar-refractivity contribution in [3.63, 3.8) is 0 Å². The first-order valence-corrected chi connectivity index (χ1v) is 9.49. The molecule has 0 radical (unpaired) electrons. The van der Waals surface area contributed by atoms with Crippen molar-refractivity contribution in [2.75, 3.05) is 36.1 Å². The van der Waals surface area contributed by atoms with Crippen LogP contribution in [0.3, 0.4) is 0 Å². The van der Waals surface area contributed by atoms with Gasteiger partial charge in [-0.05, 0) is 29.3 Å². The van der Waals surface area contributed by atoms with Gasteiger partial charge in [0.2, 0.25) is 0 Å². The van der Waals surface area contributed by atoms with E-state index in [1.165, 1.54) is 11.1 Å². The Morgan fingerprint density at radius 1 is 1.00 bits per heavy atom. The Labute approximate surface area is 162 Å². The second-order valence-electron chi connectivity index (χ2n) is 7.24. The quantitative estimate of drug-likeness (QED) is 0.749. The summed E-state index contributed by atoms with van der Waals surface area (Å²) in [6.45, 7) is 4.49. The summed E-state index contributed by atoms with van der Waals surface area (Å²) >= 11 is 0. The Balaban J connectivity index is 1.67. The Morgan fingerprint density at radius 3 is 2.39 bits per heavy atom. The van der Waals surface area contributed by atoms with E-state index in [0.29, 0.717) is 26.3 Å². The zero-order chi connectivity index (χ0) is 19.1. The normalized spacial score (nSPS) is 16.2. The molecule has 1 N–H and O–H groups in total. The lowest BCUT2D eigenvalue weighted by Crippen LogP contribution is -2.36. The highest BCUT2D eigenvalue weighted by atomic mass is 16.5. The Bertz CT molecular complexity index is 1130. The molecule has 0 bridgehead atoms. The van der Waals surface area contributed by atoms with Crippen LogP contribution in [0.25, 0.3) is 10.9 Å². The van der Waals surface area contributed by atoms with Gasteiger partial charge in [-0.2, -0.15) is 5.26 Å². The summed E-state index contributed by atoms with van der Waals surface area (Å²) in [5.74, 6) is 0. The number of fused-ring (bicyclic) bond motifs is 2. The van der Waals surface area contributed by atoms with Gasteiger partial charge in [0.15, 0.2) is 0 Å². The van der Waals surface area contributed by atoms with Crippen molar-refractivity contribution in [2.24, 2.45) is 0 Å². The lowest BCUT2D eigenvalue weighted by atomic mass is 10.1. The maximum Gasteiger partial charge on any atom is 0.268 e. The number of rotatable bonds is 2. The summed E-state index contributed by atoms with van der Waals surface area (Å²) in [6, 6.07) is 16.5. The van der Waals surface area contributed by atoms with Crippen molar-refractivity contribution in [3.8, 4) is 6.07 Å². The average molecular weight is 372 g/mol. The molecule has 6 nitrogen and oxygen atoms in total. The molecule has 0 atom stereocenters. The predicted molar refractivity (Wildman–Crippen MR) is 109 cm³/mol. The second kappa shape index (κ2) is 6.70. The summed E-state index contributed by atoms with van der Waals surface area (Å²) in [7, 11) is 0. The number of anilines is 2. The van der Waals surface area contributed by atoms with Crippen LogP contribution in [-0.2, 0) is 17.8 Å². The van der Waals surface area contributed by atoms with Gasteiger partial charge in [0.25, 0.3) is 5.56 Å². The van der Waals surface area contributed by atoms with Crippen LogP contribution in [0.4, 0.5) is 11.4 Å². The van der Waals surface area contributed by atoms with Gasteiger partial charge in [0.1, 0.15) is 11.6 Å². The highest BCUT2D eigenvalue weighted by Gasteiger charge is 2.25. The van der Waals surface area contributed by atoms with Crippen molar-refractivity contribution >= 4 is 22.3 Å². The third kappa shape index (κ3) is 2.72. The molecule has 1 aromatic heterocycles. The van der Waals surface area contributed by atoms with Crippen molar-refractivity contribution in [2.45, 2.75) is 13.1 Å². The number of H-pyrrole nitrogens is 1. The third-order valence-electron chi connectivity index (χ3n) is 5.62. The largest absolute Gasteiger partial charge is 0.378 e. The van der Waals surface area contributed by atoms with Crippen LogP contribution in [-0.4, -0.2) is 31.3 Å². The molecule has 2 aromatic carbocycles. The summed E-state index contributed by atoms with van der Waals surface area (Å²) in [4.78, 5) is 19.9. The van der Waals surface area contributed by atoms with Crippen molar-refractivity contribution in [1.82, 2.24) is 4.98 Å². The molecule has 0 amide bonds. The van der Waals surface area contributed by atoms with Crippen LogP contribution < -0.4 is 15.4 Å². The molecule has 1 saturated heterocycles. The van der Waals surface area contributed by atoms with E-state index in [-0.39, 0.29) is 11.1 Å². The highest BCUT2D eigenvalue weighted by Crippen LogP contribution is 2.36. The Hall–Kier alpha value is -3.30. The van der Waals surface area contributed by atoms with Gasteiger partial charge >= 0.3 is 0 Å². The fourth-order valence-electron chi connectivity index (χ4n) is 4.21. The van der Waals surface area contributed by atoms with Crippen molar-refractivity contribution < 1.29 is 4.74 Å². The number of morpholine rings is 1. The number of benzene rings is 2. The minimum atomic E-state index is -0.333. The van der Waals surface area contributed by atoms with Crippen LogP contribution in [0.2, 0.25) is 0 Å². The van der Waals surface area contributed by atoms with E-state index in [0.717, 1.165) is 35.4 Å². The number of ether oxygens (including phenoxy) is 1. The second-order valence-corrected chi connectivity index (χ2v) is 7.24. The maximum atomic E-state index is 12.6. The number of aromatic nitrogens is 1. The number of hydrogen-bond acceptors (Lipinski definition) is 5. The van der Waals surface area contributed by atoms with Crippen LogP contribution in [0.1, 0.15) is 16.7 Å². The summed E-state index contributed by atoms with van der Waals surface area (Å²) in [6.07, 6.45) is 0. The van der Waals surface area contributed by atoms with Gasteiger partial charge in [0, 0.05) is 37.3 Å². The molecule has 140 valence electrons. The van der Waals surface area contributed by atoms with Crippen molar-refractivity contribution in [3.05, 3.63) is 69.5 Å². The van der Waals surface area contributed by atoms with Gasteiger partial charge in [-0.15, -0.1) is 0 Å². The van der Waals surface area contributed by atoms with Gasteiger partial charge in [0.05, 0.1) is 24.4 Å². The van der Waals surface area contributed by atoms with E-state index >= 15 is 0 Å². The molecule has 0 saturated carbocycles. The molecule has 3 aromatic rings. The first kappa shape index (κ1) is 16.8. The molecular formula is C22H20N4O2. The smallest absolute Gasteiger partial charge is 0.268 e. The number of nitriles is 1. The zero-order valence-corrected chi connectivity index (χ0v) is 15.4. The standard InChI is InChI=1S/C22H20N4O2/c23-12-19-21(26-13-15-3-1-2-4-16(15)14-26)18-11-17(25-7-9-28-10-8-25)5-6-20(18)24-22(19)27/h1-6,11H,7-10,13-14H2,(H,24,27). The Morgan fingerprint density at radius 2 is 1.71 bits per heavy atom. The van der Waals surface area contributed by atoms with E-state index in [4.69, 9.17) is 4.74 Å². The first-order valence-electron chi connectivity index (χ1n) is 9.49. The summed E-state index contributed by atoms with van der Waals surface area (Å²) < 4.78 is 5.46. The van der Waals surface area contributed by atoms with Crippen LogP contribution in [0, 0.1) is 11.3 Å². The minimum absolute atomic E-state index is 0.180. The van der Waals surface area contributed by atoms with E-state index < -0.39 is 0 Å². The Kier molecular flexibility index (Phi) is 4.03. The van der Waals surface area contributed by atoms with Gasteiger partial charge in [-0.25, -0.2) is 0 Å². The maximum absolute atomic E-state index is 12.6. The molecule has 28 heavy (non-hydrogen) atoms. The molecule has 6 heteroatoms. The monoisotopic (exact) mass is 372 g/mol. The molecule has 1 fully saturated rings.